The predicted molar refractivity (Wildman–Crippen MR) is 244 cm³/mol. The van der Waals surface area contributed by atoms with Crippen molar-refractivity contribution in [3.63, 3.8) is 0 Å². The van der Waals surface area contributed by atoms with Gasteiger partial charge < -0.3 is 33.7 Å². The topological polar surface area (TPSA) is 145 Å². The highest BCUT2D eigenvalue weighted by Gasteiger charge is 2.48. The Labute approximate surface area is 402 Å². The van der Waals surface area contributed by atoms with Crippen LogP contribution in [0.15, 0.2) is 109 Å². The Balaban J connectivity index is 0.888. The number of hydrogen-bond acceptors (Lipinski definition) is 10. The molecule has 356 valence electrons. The lowest BCUT2D eigenvalue weighted by Crippen LogP contribution is -2.66. The van der Waals surface area contributed by atoms with E-state index in [1.54, 1.807) is 29.2 Å². The molecule has 1 aromatic heterocycles. The van der Waals surface area contributed by atoms with Gasteiger partial charge in [0, 0.05) is 58.5 Å². The number of alkyl halides is 2. The number of nitrogens with zero attached hydrogens (tertiary/aromatic N) is 4. The lowest BCUT2D eigenvalue weighted by Gasteiger charge is -2.52. The van der Waals surface area contributed by atoms with Gasteiger partial charge in [-0.05, 0) is 122 Å². The lowest BCUT2D eigenvalue weighted by atomic mass is 9.73. The van der Waals surface area contributed by atoms with Gasteiger partial charge in [0.15, 0.2) is 11.5 Å². The molecule has 0 spiro atoms. The zero-order valence-corrected chi connectivity index (χ0v) is 38.4. The van der Waals surface area contributed by atoms with Crippen molar-refractivity contribution in [3.8, 4) is 17.2 Å². The Morgan fingerprint density at radius 2 is 1.53 bits per heavy atom. The summed E-state index contributed by atoms with van der Waals surface area (Å²) in [6.45, 7) is 0.349. The van der Waals surface area contributed by atoms with Crippen LogP contribution in [0.25, 0.3) is 0 Å². The number of hydrogen-bond donors (Lipinski definition) is 1. The second-order valence-electron chi connectivity index (χ2n) is 17.9. The number of para-hydroxylation sites is 1. The standard InChI is InChI=1S/C51H50Cl2F2N4O9/c52-42-26-57(64)27-43(53)40(42)23-39(36-14-17-44(67-50(54)55)45(22-36)66-30-32-6-7-32)47-41(49(61)62)25-59(47)48(60)35-12-8-33(9-13-35)29-65-38-15-10-31(11-16-38)24-58(37-4-2-1-3-5-37)51(63)68-46-28-56-20-18-34(46)19-21-56/h1-5,8-17,22,26-27,32,34,39,41,46-47,50H,6-7,18-21,23-25,28-30H2,(H-,61,62,64)/t39-,41?,46-,47?/m0/s1. The van der Waals surface area contributed by atoms with E-state index in [0.29, 0.717) is 39.6 Å². The van der Waals surface area contributed by atoms with E-state index < -0.39 is 36.4 Å². The Morgan fingerprint density at radius 3 is 2.16 bits per heavy atom. The molecule has 68 heavy (non-hydrogen) atoms. The van der Waals surface area contributed by atoms with Crippen molar-refractivity contribution in [2.24, 2.45) is 17.8 Å². The Hall–Kier alpha value is -6.16. The molecular formula is C51H50Cl2F2N4O9. The first kappa shape index (κ1) is 46.9. The number of anilines is 1. The molecule has 4 aliphatic heterocycles. The van der Waals surface area contributed by atoms with E-state index in [1.807, 2.05) is 54.6 Å². The van der Waals surface area contributed by atoms with Gasteiger partial charge in [0.25, 0.3) is 5.91 Å². The quantitative estimate of drug-likeness (QED) is 0.0679. The maximum absolute atomic E-state index is 14.3. The fourth-order valence-electron chi connectivity index (χ4n) is 9.45. The summed E-state index contributed by atoms with van der Waals surface area (Å²) < 4.78 is 50.6. The maximum atomic E-state index is 14.3. The summed E-state index contributed by atoms with van der Waals surface area (Å²) in [7, 11) is 0. The van der Waals surface area contributed by atoms with Crippen LogP contribution in [0.4, 0.5) is 19.3 Å². The number of amides is 2. The van der Waals surface area contributed by atoms with Gasteiger partial charge in [0.2, 0.25) is 12.4 Å². The second-order valence-corrected chi connectivity index (χ2v) is 18.8. The number of ether oxygens (including phenoxy) is 4. The van der Waals surface area contributed by atoms with Crippen molar-refractivity contribution in [1.82, 2.24) is 9.80 Å². The SMILES string of the molecule is O=C([O-])C1CN(C(=O)c2ccc(COc3ccc(CN(C(=O)O[C@H]4CN5CCC4CC5)c4ccccc4)cc3)cc2)C1[C@@H](Cc1c(Cl)c[n+](O)cc1Cl)c1ccc(OC(F)F)c(OCC2CC2)c1. The minimum absolute atomic E-state index is 0.0112. The van der Waals surface area contributed by atoms with Crippen molar-refractivity contribution >= 4 is 46.9 Å². The summed E-state index contributed by atoms with van der Waals surface area (Å²) in [5.41, 5.74) is 3.50. The molecule has 1 N–H and O–H groups in total. The Kier molecular flexibility index (Phi) is 14.2. The molecule has 4 atom stereocenters. The highest BCUT2D eigenvalue weighted by Crippen LogP contribution is 2.44. The normalized spacial score (nSPS) is 21.1. The van der Waals surface area contributed by atoms with Crippen LogP contribution in [-0.4, -0.2) is 84.5 Å². The summed E-state index contributed by atoms with van der Waals surface area (Å²) in [5.74, 6) is -2.66. The summed E-state index contributed by atoms with van der Waals surface area (Å²) >= 11 is 13.1. The molecule has 1 aliphatic carbocycles. The van der Waals surface area contributed by atoms with Crippen LogP contribution in [-0.2, 0) is 29.1 Å². The van der Waals surface area contributed by atoms with E-state index in [4.69, 9.17) is 42.1 Å². The Morgan fingerprint density at radius 1 is 0.838 bits per heavy atom. The average molecular weight is 972 g/mol. The molecule has 0 radical (unpaired) electrons. The fourth-order valence-corrected chi connectivity index (χ4v) is 10.1. The third-order valence-electron chi connectivity index (χ3n) is 13.4. The number of likely N-dealkylation sites (tertiary alicyclic amines) is 1. The third-order valence-corrected chi connectivity index (χ3v) is 14.1. The predicted octanol–water partition coefficient (Wildman–Crippen LogP) is 7.94. The van der Waals surface area contributed by atoms with Crippen LogP contribution < -0.4 is 28.9 Å². The zero-order chi connectivity index (χ0) is 47.5. The molecule has 17 heteroatoms. The van der Waals surface area contributed by atoms with Crippen LogP contribution in [0, 0.1) is 17.8 Å². The van der Waals surface area contributed by atoms with Crippen molar-refractivity contribution in [3.05, 3.63) is 147 Å². The number of aromatic nitrogens is 1. The van der Waals surface area contributed by atoms with Gasteiger partial charge in [-0.15, -0.1) is 0 Å². The molecule has 4 aromatic carbocycles. The van der Waals surface area contributed by atoms with Gasteiger partial charge >= 0.3 is 12.7 Å². The molecule has 4 saturated heterocycles. The number of pyridine rings is 1. The van der Waals surface area contributed by atoms with Gasteiger partial charge in [-0.3, -0.25) is 19.8 Å². The lowest BCUT2D eigenvalue weighted by molar-refractivity contribution is -0.904. The summed E-state index contributed by atoms with van der Waals surface area (Å²) in [6, 6.07) is 27.1. The van der Waals surface area contributed by atoms with Gasteiger partial charge in [0.1, 0.15) is 28.5 Å². The van der Waals surface area contributed by atoms with Crippen molar-refractivity contribution in [2.45, 2.75) is 69.9 Å². The largest absolute Gasteiger partial charge is 0.550 e. The number of carbonyl (C=O) groups is 3. The molecule has 2 unspecified atom stereocenters. The molecule has 5 aliphatic rings. The molecule has 1 saturated carbocycles. The number of piperidine rings is 3. The number of rotatable bonds is 18. The van der Waals surface area contributed by atoms with Crippen LogP contribution >= 0.6 is 23.2 Å². The summed E-state index contributed by atoms with van der Waals surface area (Å²) in [6.07, 6.45) is 5.90. The second kappa shape index (κ2) is 20.6. The average Bonchev–Trinajstić information content (AvgIpc) is 4.16. The van der Waals surface area contributed by atoms with E-state index in [-0.39, 0.29) is 65.8 Å². The van der Waals surface area contributed by atoms with Gasteiger partial charge in [-0.1, -0.05) is 71.7 Å². The third kappa shape index (κ3) is 10.9. The number of carboxylic acids is 1. The highest BCUT2D eigenvalue weighted by atomic mass is 35.5. The summed E-state index contributed by atoms with van der Waals surface area (Å²) in [4.78, 5) is 46.1. The number of benzene rings is 4. The van der Waals surface area contributed by atoms with Crippen LogP contribution in [0.2, 0.25) is 10.0 Å². The van der Waals surface area contributed by atoms with Crippen molar-refractivity contribution < 1.29 is 57.2 Å². The van der Waals surface area contributed by atoms with Crippen LogP contribution in [0.5, 0.6) is 17.2 Å². The molecule has 5 aromatic rings. The first-order valence-corrected chi connectivity index (χ1v) is 23.5. The van der Waals surface area contributed by atoms with E-state index >= 15 is 0 Å². The number of carbonyl (C=O) groups excluding carboxylic acids is 3. The van der Waals surface area contributed by atoms with Gasteiger partial charge in [-0.2, -0.15) is 8.78 Å². The number of carboxylic acid groups (broad SMARTS) is 1. The van der Waals surface area contributed by atoms with E-state index in [0.717, 1.165) is 62.1 Å². The first-order chi connectivity index (χ1) is 32.9. The number of halogens is 4. The molecule has 2 amide bonds. The molecule has 10 rings (SSSR count). The van der Waals surface area contributed by atoms with Crippen molar-refractivity contribution in [2.75, 3.05) is 37.7 Å². The van der Waals surface area contributed by atoms with E-state index in [9.17, 15) is 33.5 Å². The Bertz CT molecular complexity index is 2580. The van der Waals surface area contributed by atoms with E-state index in [1.165, 1.54) is 35.5 Å². The maximum Gasteiger partial charge on any atom is 0.414 e. The minimum Gasteiger partial charge on any atom is -0.550 e. The van der Waals surface area contributed by atoms with Crippen LogP contribution in [0.1, 0.15) is 64.2 Å². The monoisotopic (exact) mass is 970 g/mol. The molecular weight excluding hydrogens is 921 g/mol. The van der Waals surface area contributed by atoms with Crippen LogP contribution in [0.3, 0.4) is 0 Å². The first-order valence-electron chi connectivity index (χ1n) is 22.7. The van der Waals surface area contributed by atoms with Gasteiger partial charge in [-0.25, -0.2) is 4.79 Å². The minimum atomic E-state index is -3.12. The molecule has 5 fully saturated rings. The number of fused-ring (bicyclic) bond motifs is 3. The number of aliphatic carboxylic acids is 1. The highest BCUT2D eigenvalue weighted by molar-refractivity contribution is 6.35. The smallest absolute Gasteiger partial charge is 0.414 e. The fraction of sp³-hybridized carbons (Fsp3) is 0.373. The molecule has 2 bridgehead atoms. The summed E-state index contributed by atoms with van der Waals surface area (Å²) in [5, 5.41) is 22.9. The van der Waals surface area contributed by atoms with E-state index in [2.05, 4.69) is 4.90 Å². The molecule has 13 nitrogen and oxygen atoms in total. The van der Waals surface area contributed by atoms with Crippen molar-refractivity contribution in [1.29, 1.82) is 0 Å². The molecule has 5 heterocycles. The van der Waals surface area contributed by atoms with Gasteiger partial charge in [0.05, 0.1) is 13.2 Å². The zero-order valence-electron chi connectivity index (χ0n) is 36.9.